The molecule has 1 saturated heterocycles. The number of rotatable bonds is 5. The maximum atomic E-state index is 10.9. The number of piperidine rings is 1. The van der Waals surface area contributed by atoms with Gasteiger partial charge in [-0.25, -0.2) is 4.79 Å². The molecule has 0 aromatic rings. The van der Waals surface area contributed by atoms with E-state index in [4.69, 9.17) is 10.5 Å². The van der Waals surface area contributed by atoms with Gasteiger partial charge < -0.3 is 20.7 Å². The zero-order valence-electron chi connectivity index (χ0n) is 9.37. The van der Waals surface area contributed by atoms with Crippen LogP contribution < -0.4 is 11.1 Å². The fraction of sp³-hybridized carbons (Fsp3) is 0.900. The molecule has 5 nitrogen and oxygen atoms in total. The van der Waals surface area contributed by atoms with Gasteiger partial charge in [0.1, 0.15) is 0 Å². The van der Waals surface area contributed by atoms with E-state index >= 15 is 0 Å². The van der Waals surface area contributed by atoms with Crippen LogP contribution in [0.2, 0.25) is 0 Å². The summed E-state index contributed by atoms with van der Waals surface area (Å²) in [6, 6.07) is 0.227. The fourth-order valence-electron chi connectivity index (χ4n) is 1.83. The van der Waals surface area contributed by atoms with E-state index in [-0.39, 0.29) is 6.03 Å². The van der Waals surface area contributed by atoms with Crippen LogP contribution in [0, 0.1) is 0 Å². The number of likely N-dealkylation sites (tertiary alicyclic amines) is 1. The molecule has 2 amide bonds. The Kier molecular flexibility index (Phi) is 5.42. The minimum Gasteiger partial charge on any atom is -0.385 e. The number of primary amides is 1. The van der Waals surface area contributed by atoms with Crippen LogP contribution in [-0.4, -0.2) is 50.3 Å². The first-order chi connectivity index (χ1) is 7.24. The number of methoxy groups -OCH3 is 1. The van der Waals surface area contributed by atoms with Crippen molar-refractivity contribution in [1.82, 2.24) is 10.2 Å². The highest BCUT2D eigenvalue weighted by Gasteiger charge is 2.20. The van der Waals surface area contributed by atoms with Gasteiger partial charge in [-0.15, -0.1) is 0 Å². The standard InChI is InChI=1S/C10H21N3O2/c1-15-8-2-5-12-9-3-6-13(7-4-9)10(11)14/h9,12H,2-8H2,1H3,(H2,11,14). The molecule has 0 bridgehead atoms. The van der Waals surface area contributed by atoms with Crippen molar-refractivity contribution < 1.29 is 9.53 Å². The highest BCUT2D eigenvalue weighted by molar-refractivity contribution is 5.72. The Morgan fingerprint density at radius 1 is 1.53 bits per heavy atom. The summed E-state index contributed by atoms with van der Waals surface area (Å²) in [6.45, 7) is 3.33. The zero-order chi connectivity index (χ0) is 11.1. The molecule has 1 fully saturated rings. The lowest BCUT2D eigenvalue weighted by Gasteiger charge is -2.31. The van der Waals surface area contributed by atoms with Crippen molar-refractivity contribution in [2.45, 2.75) is 25.3 Å². The molecule has 0 radical (unpaired) electrons. The molecular formula is C10H21N3O2. The molecule has 15 heavy (non-hydrogen) atoms. The Morgan fingerprint density at radius 2 is 2.20 bits per heavy atom. The molecule has 1 rings (SSSR count). The van der Waals surface area contributed by atoms with E-state index in [9.17, 15) is 4.79 Å². The smallest absolute Gasteiger partial charge is 0.314 e. The molecule has 1 heterocycles. The Balaban J connectivity index is 2.07. The Hall–Kier alpha value is -0.810. The first kappa shape index (κ1) is 12.3. The number of carbonyl (C=O) groups is 1. The number of hydrogen-bond acceptors (Lipinski definition) is 3. The first-order valence-corrected chi connectivity index (χ1v) is 5.50. The Morgan fingerprint density at radius 3 is 2.73 bits per heavy atom. The van der Waals surface area contributed by atoms with Gasteiger partial charge in [-0.1, -0.05) is 0 Å². The van der Waals surface area contributed by atoms with Crippen LogP contribution in [0.1, 0.15) is 19.3 Å². The third-order valence-electron chi connectivity index (χ3n) is 2.76. The number of hydrogen-bond donors (Lipinski definition) is 2. The number of nitrogens with zero attached hydrogens (tertiary/aromatic N) is 1. The van der Waals surface area contributed by atoms with Crippen LogP contribution in [0.25, 0.3) is 0 Å². The molecule has 1 aliphatic heterocycles. The maximum absolute atomic E-state index is 10.9. The molecule has 0 aromatic heterocycles. The minimum atomic E-state index is -0.298. The Labute approximate surface area is 90.9 Å². The van der Waals surface area contributed by atoms with Crippen molar-refractivity contribution in [2.24, 2.45) is 5.73 Å². The molecule has 0 unspecified atom stereocenters. The van der Waals surface area contributed by atoms with E-state index in [1.54, 1.807) is 12.0 Å². The molecule has 3 N–H and O–H groups in total. The second-order valence-electron chi connectivity index (χ2n) is 3.90. The topological polar surface area (TPSA) is 67.6 Å². The number of urea groups is 1. The van der Waals surface area contributed by atoms with Gasteiger partial charge in [0.25, 0.3) is 0 Å². The average Bonchev–Trinajstić information content (AvgIpc) is 2.25. The largest absolute Gasteiger partial charge is 0.385 e. The molecule has 0 saturated carbocycles. The quantitative estimate of drug-likeness (QED) is 0.642. The summed E-state index contributed by atoms with van der Waals surface area (Å²) in [5.41, 5.74) is 5.20. The lowest BCUT2D eigenvalue weighted by Crippen LogP contribution is -2.47. The number of nitrogens with one attached hydrogen (secondary N) is 1. The average molecular weight is 215 g/mol. The summed E-state index contributed by atoms with van der Waals surface area (Å²) in [4.78, 5) is 12.6. The van der Waals surface area contributed by atoms with Gasteiger partial charge in [-0.2, -0.15) is 0 Å². The number of nitrogens with two attached hydrogens (primary N) is 1. The number of ether oxygens (including phenoxy) is 1. The van der Waals surface area contributed by atoms with Crippen LogP contribution in [0.3, 0.4) is 0 Å². The first-order valence-electron chi connectivity index (χ1n) is 5.50. The van der Waals surface area contributed by atoms with Crippen molar-refractivity contribution in [2.75, 3.05) is 33.4 Å². The third-order valence-corrected chi connectivity index (χ3v) is 2.76. The second-order valence-corrected chi connectivity index (χ2v) is 3.90. The highest BCUT2D eigenvalue weighted by atomic mass is 16.5. The molecule has 0 spiro atoms. The van der Waals surface area contributed by atoms with E-state index in [2.05, 4.69) is 5.32 Å². The number of amides is 2. The van der Waals surface area contributed by atoms with E-state index in [1.807, 2.05) is 0 Å². The van der Waals surface area contributed by atoms with Crippen molar-refractivity contribution in [3.63, 3.8) is 0 Å². The van der Waals surface area contributed by atoms with Gasteiger partial charge in [0.15, 0.2) is 0 Å². The predicted octanol–water partition coefficient (Wildman–Crippen LogP) is 0.156. The fourth-order valence-corrected chi connectivity index (χ4v) is 1.83. The van der Waals surface area contributed by atoms with Crippen LogP contribution in [-0.2, 0) is 4.74 Å². The van der Waals surface area contributed by atoms with Gasteiger partial charge in [-0.3, -0.25) is 0 Å². The lowest BCUT2D eigenvalue weighted by molar-refractivity contribution is 0.178. The molecule has 88 valence electrons. The zero-order valence-corrected chi connectivity index (χ0v) is 9.37. The molecule has 5 heteroatoms. The molecule has 0 aromatic carbocycles. The van der Waals surface area contributed by atoms with Crippen LogP contribution in [0.15, 0.2) is 0 Å². The summed E-state index contributed by atoms with van der Waals surface area (Å²) in [5.74, 6) is 0. The van der Waals surface area contributed by atoms with Crippen molar-refractivity contribution >= 4 is 6.03 Å². The highest BCUT2D eigenvalue weighted by Crippen LogP contribution is 2.09. The SMILES string of the molecule is COCCCNC1CCN(C(N)=O)CC1. The van der Waals surface area contributed by atoms with Gasteiger partial charge in [-0.05, 0) is 25.8 Å². The van der Waals surface area contributed by atoms with Gasteiger partial charge >= 0.3 is 6.03 Å². The third kappa shape index (κ3) is 4.48. The maximum Gasteiger partial charge on any atom is 0.314 e. The predicted molar refractivity (Wildman–Crippen MR) is 58.7 cm³/mol. The molecular weight excluding hydrogens is 194 g/mol. The van der Waals surface area contributed by atoms with E-state index in [0.717, 1.165) is 45.5 Å². The summed E-state index contributed by atoms with van der Waals surface area (Å²) in [5, 5.41) is 3.46. The minimum absolute atomic E-state index is 0.298. The monoisotopic (exact) mass is 215 g/mol. The van der Waals surface area contributed by atoms with Crippen LogP contribution in [0.4, 0.5) is 4.79 Å². The van der Waals surface area contributed by atoms with Crippen molar-refractivity contribution in [1.29, 1.82) is 0 Å². The van der Waals surface area contributed by atoms with Crippen molar-refractivity contribution in [3.05, 3.63) is 0 Å². The summed E-state index contributed by atoms with van der Waals surface area (Å²) in [7, 11) is 1.71. The van der Waals surface area contributed by atoms with Crippen molar-refractivity contribution in [3.8, 4) is 0 Å². The van der Waals surface area contributed by atoms with Crippen LogP contribution >= 0.6 is 0 Å². The van der Waals surface area contributed by atoms with Gasteiger partial charge in [0, 0.05) is 32.8 Å². The van der Waals surface area contributed by atoms with E-state index in [1.165, 1.54) is 0 Å². The van der Waals surface area contributed by atoms with E-state index < -0.39 is 0 Å². The molecule has 1 aliphatic rings. The van der Waals surface area contributed by atoms with E-state index in [0.29, 0.717) is 6.04 Å². The molecule has 0 atom stereocenters. The summed E-state index contributed by atoms with van der Waals surface area (Å²) in [6.07, 6.45) is 3.03. The summed E-state index contributed by atoms with van der Waals surface area (Å²) >= 11 is 0. The summed E-state index contributed by atoms with van der Waals surface area (Å²) < 4.78 is 4.97. The number of carbonyl (C=O) groups excluding carboxylic acids is 1. The Bertz CT molecular complexity index is 191. The van der Waals surface area contributed by atoms with Gasteiger partial charge in [0.05, 0.1) is 0 Å². The molecule has 0 aliphatic carbocycles. The van der Waals surface area contributed by atoms with Crippen LogP contribution in [0.5, 0.6) is 0 Å². The second kappa shape index (κ2) is 6.63. The van der Waals surface area contributed by atoms with Gasteiger partial charge in [0.2, 0.25) is 0 Å². The lowest BCUT2D eigenvalue weighted by atomic mass is 10.1. The normalized spacial score (nSPS) is 18.1.